The number of thiazole rings is 1. The molecule has 0 unspecified atom stereocenters. The third-order valence-corrected chi connectivity index (χ3v) is 3.93. The van der Waals surface area contributed by atoms with Crippen molar-refractivity contribution in [1.82, 2.24) is 4.98 Å². The topological polar surface area (TPSA) is 57.4 Å². The summed E-state index contributed by atoms with van der Waals surface area (Å²) in [6.45, 7) is 6.65. The first kappa shape index (κ1) is 15.8. The lowest BCUT2D eigenvalue weighted by Gasteiger charge is -2.14. The smallest absolute Gasteiger partial charge is 0.161 e. The fourth-order valence-electron chi connectivity index (χ4n) is 1.84. The van der Waals surface area contributed by atoms with Crippen LogP contribution < -0.4 is 15.2 Å². The Kier molecular flexibility index (Phi) is 4.85. The van der Waals surface area contributed by atoms with Crippen LogP contribution in [0.2, 0.25) is 0 Å². The first-order valence-electron chi connectivity index (χ1n) is 7.01. The fraction of sp³-hybridized carbons (Fsp3) is 0.438. The molecule has 4 nitrogen and oxygen atoms in total. The summed E-state index contributed by atoms with van der Waals surface area (Å²) in [5.74, 6) is 1.49. The van der Waals surface area contributed by atoms with Gasteiger partial charge in [0, 0.05) is 10.9 Å². The molecule has 0 saturated heterocycles. The van der Waals surface area contributed by atoms with Gasteiger partial charge in [-0.1, -0.05) is 6.92 Å². The second-order valence-electron chi connectivity index (χ2n) is 5.47. The zero-order chi connectivity index (χ0) is 15.5. The standard InChI is InChI=1S/C16H22N2O2S/c1-5-8-20-13-9-11(6-7-12(13)19-4)15-18-14(10-21-15)16(2,3)17/h6-7,9-10H,5,8,17H2,1-4H3. The van der Waals surface area contributed by atoms with Crippen molar-refractivity contribution < 1.29 is 9.47 Å². The number of rotatable bonds is 6. The third kappa shape index (κ3) is 3.74. The summed E-state index contributed by atoms with van der Waals surface area (Å²) in [5, 5.41) is 2.94. The number of methoxy groups -OCH3 is 1. The summed E-state index contributed by atoms with van der Waals surface area (Å²) >= 11 is 1.59. The minimum absolute atomic E-state index is 0.428. The van der Waals surface area contributed by atoms with Gasteiger partial charge in [-0.05, 0) is 38.5 Å². The number of ether oxygens (including phenoxy) is 2. The largest absolute Gasteiger partial charge is 0.493 e. The van der Waals surface area contributed by atoms with E-state index < -0.39 is 5.54 Å². The minimum atomic E-state index is -0.428. The van der Waals surface area contributed by atoms with Gasteiger partial charge in [0.05, 0.1) is 24.9 Å². The molecule has 0 aliphatic carbocycles. The van der Waals surface area contributed by atoms with Crippen LogP contribution >= 0.6 is 11.3 Å². The van der Waals surface area contributed by atoms with Crippen LogP contribution in [0.5, 0.6) is 11.5 Å². The van der Waals surface area contributed by atoms with Gasteiger partial charge in [-0.2, -0.15) is 0 Å². The molecular weight excluding hydrogens is 284 g/mol. The zero-order valence-corrected chi connectivity index (χ0v) is 13.8. The molecule has 114 valence electrons. The zero-order valence-electron chi connectivity index (χ0n) is 13.0. The maximum Gasteiger partial charge on any atom is 0.161 e. The predicted octanol–water partition coefficient (Wildman–Crippen LogP) is 3.80. The van der Waals surface area contributed by atoms with Crippen LogP contribution in [0.1, 0.15) is 32.9 Å². The van der Waals surface area contributed by atoms with Gasteiger partial charge in [-0.3, -0.25) is 0 Å². The van der Waals surface area contributed by atoms with E-state index in [0.717, 1.165) is 34.2 Å². The van der Waals surface area contributed by atoms with Gasteiger partial charge in [0.15, 0.2) is 11.5 Å². The normalized spacial score (nSPS) is 11.5. The summed E-state index contributed by atoms with van der Waals surface area (Å²) in [5.41, 5.74) is 7.57. The average Bonchev–Trinajstić information content (AvgIpc) is 2.94. The molecule has 0 spiro atoms. The van der Waals surface area contributed by atoms with Crippen molar-refractivity contribution in [3.8, 4) is 22.1 Å². The summed E-state index contributed by atoms with van der Waals surface area (Å²) in [6, 6.07) is 5.87. The quantitative estimate of drug-likeness (QED) is 0.882. The van der Waals surface area contributed by atoms with Gasteiger partial charge in [-0.25, -0.2) is 4.98 Å². The van der Waals surface area contributed by atoms with E-state index in [2.05, 4.69) is 11.9 Å². The summed E-state index contributed by atoms with van der Waals surface area (Å²) in [7, 11) is 1.65. The highest BCUT2D eigenvalue weighted by Crippen LogP contribution is 2.34. The van der Waals surface area contributed by atoms with Crippen molar-refractivity contribution in [3.05, 3.63) is 29.3 Å². The first-order valence-corrected chi connectivity index (χ1v) is 7.89. The van der Waals surface area contributed by atoms with Gasteiger partial charge in [0.1, 0.15) is 5.01 Å². The van der Waals surface area contributed by atoms with Crippen molar-refractivity contribution in [1.29, 1.82) is 0 Å². The lowest BCUT2D eigenvalue weighted by Crippen LogP contribution is -2.28. The van der Waals surface area contributed by atoms with E-state index in [9.17, 15) is 0 Å². The van der Waals surface area contributed by atoms with Crippen molar-refractivity contribution in [2.45, 2.75) is 32.7 Å². The van der Waals surface area contributed by atoms with Gasteiger partial charge in [-0.15, -0.1) is 11.3 Å². The molecule has 0 bridgehead atoms. The van der Waals surface area contributed by atoms with Gasteiger partial charge in [0.2, 0.25) is 0 Å². The molecule has 0 aliphatic heterocycles. The SMILES string of the molecule is CCCOc1cc(-c2nc(C(C)(C)N)cs2)ccc1OC. The molecular formula is C16H22N2O2S. The number of nitrogens with two attached hydrogens (primary N) is 1. The number of aromatic nitrogens is 1. The second kappa shape index (κ2) is 6.45. The monoisotopic (exact) mass is 306 g/mol. The average molecular weight is 306 g/mol. The maximum atomic E-state index is 6.09. The molecule has 1 aromatic carbocycles. The number of benzene rings is 1. The minimum Gasteiger partial charge on any atom is -0.493 e. The Labute approximate surface area is 129 Å². The van der Waals surface area contributed by atoms with E-state index in [1.807, 2.05) is 37.4 Å². The fourth-order valence-corrected chi connectivity index (χ4v) is 2.83. The van der Waals surface area contributed by atoms with Crippen LogP contribution in [0.3, 0.4) is 0 Å². The van der Waals surface area contributed by atoms with E-state index in [0.29, 0.717) is 6.61 Å². The summed E-state index contributed by atoms with van der Waals surface area (Å²) < 4.78 is 11.1. The number of hydrogen-bond acceptors (Lipinski definition) is 5. The van der Waals surface area contributed by atoms with Gasteiger partial charge in [0.25, 0.3) is 0 Å². The Balaban J connectivity index is 2.33. The van der Waals surface area contributed by atoms with Crippen LogP contribution in [-0.4, -0.2) is 18.7 Å². The Bertz CT molecular complexity index is 603. The Morgan fingerprint density at radius 2 is 2.05 bits per heavy atom. The van der Waals surface area contributed by atoms with E-state index in [1.165, 1.54) is 0 Å². The van der Waals surface area contributed by atoms with Crippen LogP contribution in [0.4, 0.5) is 0 Å². The van der Waals surface area contributed by atoms with Crippen LogP contribution in [0.25, 0.3) is 10.6 Å². The second-order valence-corrected chi connectivity index (χ2v) is 6.33. The van der Waals surface area contributed by atoms with Gasteiger partial charge >= 0.3 is 0 Å². The van der Waals surface area contributed by atoms with Crippen molar-refractivity contribution >= 4 is 11.3 Å². The molecule has 0 amide bonds. The molecule has 0 radical (unpaired) electrons. The molecule has 0 saturated carbocycles. The third-order valence-electron chi connectivity index (χ3n) is 3.04. The highest BCUT2D eigenvalue weighted by molar-refractivity contribution is 7.13. The van der Waals surface area contributed by atoms with Crippen molar-refractivity contribution in [3.63, 3.8) is 0 Å². The molecule has 1 heterocycles. The Morgan fingerprint density at radius 1 is 1.29 bits per heavy atom. The molecule has 1 aromatic heterocycles. The summed E-state index contributed by atoms with van der Waals surface area (Å²) in [6.07, 6.45) is 0.955. The van der Waals surface area contributed by atoms with E-state index in [1.54, 1.807) is 18.4 Å². The Morgan fingerprint density at radius 3 is 2.62 bits per heavy atom. The van der Waals surface area contributed by atoms with Crippen LogP contribution in [0, 0.1) is 0 Å². The predicted molar refractivity (Wildman–Crippen MR) is 87.1 cm³/mol. The highest BCUT2D eigenvalue weighted by Gasteiger charge is 2.19. The highest BCUT2D eigenvalue weighted by atomic mass is 32.1. The van der Waals surface area contributed by atoms with E-state index in [4.69, 9.17) is 15.2 Å². The molecule has 0 aliphatic rings. The number of nitrogens with zero attached hydrogens (tertiary/aromatic N) is 1. The lowest BCUT2D eigenvalue weighted by atomic mass is 10.0. The molecule has 2 rings (SSSR count). The van der Waals surface area contributed by atoms with E-state index in [-0.39, 0.29) is 0 Å². The van der Waals surface area contributed by atoms with E-state index >= 15 is 0 Å². The molecule has 21 heavy (non-hydrogen) atoms. The Hall–Kier alpha value is -1.59. The maximum absolute atomic E-state index is 6.09. The summed E-state index contributed by atoms with van der Waals surface area (Å²) in [4.78, 5) is 4.63. The van der Waals surface area contributed by atoms with Crippen LogP contribution in [0.15, 0.2) is 23.6 Å². The molecule has 2 N–H and O–H groups in total. The molecule has 2 aromatic rings. The van der Waals surface area contributed by atoms with Crippen LogP contribution in [-0.2, 0) is 5.54 Å². The molecule has 0 atom stereocenters. The molecule has 5 heteroatoms. The van der Waals surface area contributed by atoms with Crippen molar-refractivity contribution in [2.75, 3.05) is 13.7 Å². The lowest BCUT2D eigenvalue weighted by molar-refractivity contribution is 0.294. The number of hydrogen-bond donors (Lipinski definition) is 1. The van der Waals surface area contributed by atoms with Gasteiger partial charge < -0.3 is 15.2 Å². The first-order chi connectivity index (χ1) is 9.95. The van der Waals surface area contributed by atoms with Crippen molar-refractivity contribution in [2.24, 2.45) is 5.73 Å². The molecule has 0 fully saturated rings.